The average Bonchev–Trinajstić information content (AvgIpc) is 3.40. The number of amides is 1. The number of carbonyl (C=O) groups is 1. The van der Waals surface area contributed by atoms with Crippen LogP contribution < -0.4 is 5.32 Å². The number of nitrogens with one attached hydrogen (secondary N) is 1. The Bertz CT molecular complexity index is 805. The Morgan fingerprint density at radius 3 is 2.53 bits per heavy atom. The molecule has 30 heavy (non-hydrogen) atoms. The molecule has 1 atom stereocenters. The fraction of sp³-hybridized carbons (Fsp3) is 0.560. The first-order valence-corrected chi connectivity index (χ1v) is 11.3. The summed E-state index contributed by atoms with van der Waals surface area (Å²) in [5.41, 5.74) is 2.82. The van der Waals surface area contributed by atoms with E-state index in [0.717, 1.165) is 51.7 Å². The van der Waals surface area contributed by atoms with E-state index in [1.165, 1.54) is 17.4 Å². The van der Waals surface area contributed by atoms with Gasteiger partial charge in [0.05, 0.1) is 18.0 Å². The van der Waals surface area contributed by atoms with E-state index in [0.29, 0.717) is 18.2 Å². The fourth-order valence-electron chi connectivity index (χ4n) is 4.74. The van der Waals surface area contributed by atoms with Gasteiger partial charge in [0.25, 0.3) is 5.91 Å². The van der Waals surface area contributed by atoms with E-state index < -0.39 is 0 Å². The average molecular weight is 411 g/mol. The minimum absolute atomic E-state index is 0.00228. The Morgan fingerprint density at radius 1 is 1.13 bits per heavy atom. The zero-order valence-electron chi connectivity index (χ0n) is 18.2. The van der Waals surface area contributed by atoms with Crippen molar-refractivity contribution >= 4 is 5.91 Å². The lowest BCUT2D eigenvalue weighted by Crippen LogP contribution is -2.44. The van der Waals surface area contributed by atoms with Gasteiger partial charge in [-0.3, -0.25) is 9.69 Å². The van der Waals surface area contributed by atoms with Gasteiger partial charge in [0.15, 0.2) is 5.76 Å². The van der Waals surface area contributed by atoms with Gasteiger partial charge in [-0.1, -0.05) is 38.1 Å². The maximum absolute atomic E-state index is 12.1. The van der Waals surface area contributed by atoms with E-state index >= 15 is 0 Å². The van der Waals surface area contributed by atoms with Crippen LogP contribution in [0, 0.1) is 5.92 Å². The van der Waals surface area contributed by atoms with E-state index in [9.17, 15) is 4.79 Å². The van der Waals surface area contributed by atoms with Crippen LogP contribution in [-0.2, 0) is 17.7 Å². The predicted molar refractivity (Wildman–Crippen MR) is 117 cm³/mol. The zero-order chi connectivity index (χ0) is 21.0. The van der Waals surface area contributed by atoms with Crippen LogP contribution in [0.3, 0.4) is 0 Å². The third-order valence-electron chi connectivity index (χ3n) is 6.41. The number of ether oxygens (including phenoxy) is 1. The van der Waals surface area contributed by atoms with E-state index in [-0.39, 0.29) is 17.6 Å². The molecule has 0 aliphatic carbocycles. The topological polar surface area (TPSA) is 54.7 Å². The maximum atomic E-state index is 12.1. The minimum atomic E-state index is -0.168. The summed E-state index contributed by atoms with van der Waals surface area (Å²) in [6.07, 6.45) is 7.00. The largest absolute Gasteiger partial charge is 0.459 e. The molecule has 1 aromatic heterocycles. The third kappa shape index (κ3) is 5.32. The van der Waals surface area contributed by atoms with Gasteiger partial charge < -0.3 is 14.5 Å². The highest BCUT2D eigenvalue weighted by atomic mass is 16.5. The van der Waals surface area contributed by atoms with Crippen molar-refractivity contribution in [3.63, 3.8) is 0 Å². The summed E-state index contributed by atoms with van der Waals surface area (Å²) in [6, 6.07) is 12.5. The molecule has 5 heteroatoms. The molecule has 0 unspecified atom stereocenters. The molecule has 4 rings (SSSR count). The summed E-state index contributed by atoms with van der Waals surface area (Å²) in [6.45, 7) is 8.23. The molecule has 2 aliphatic heterocycles. The fourth-order valence-corrected chi connectivity index (χ4v) is 4.74. The number of carbonyl (C=O) groups excluding carboxylic acids is 1. The smallest absolute Gasteiger partial charge is 0.287 e. The molecule has 3 heterocycles. The Labute approximate surface area is 179 Å². The minimum Gasteiger partial charge on any atom is -0.459 e. The lowest BCUT2D eigenvalue weighted by Gasteiger charge is -2.39. The summed E-state index contributed by atoms with van der Waals surface area (Å²) in [7, 11) is 0. The van der Waals surface area contributed by atoms with Crippen molar-refractivity contribution in [2.75, 3.05) is 19.6 Å². The molecular formula is C25H34N2O3. The van der Waals surface area contributed by atoms with E-state index in [2.05, 4.69) is 48.3 Å². The van der Waals surface area contributed by atoms with Gasteiger partial charge in [-0.05, 0) is 61.3 Å². The first-order chi connectivity index (χ1) is 14.5. The standard InChI is InChI=1S/C25H34N2O3/c1-19(2)16-20-5-7-21(8-6-20)18-27-13-11-25(12-14-27)10-9-22(30-25)17-26-24(28)23-4-3-15-29-23/h3-8,15,19,22H,9-14,16-18H2,1-2H3,(H,26,28)/t22-/m1/s1. The van der Waals surface area contributed by atoms with E-state index in [1.807, 2.05) is 0 Å². The lowest BCUT2D eigenvalue weighted by molar-refractivity contribution is -0.0764. The summed E-state index contributed by atoms with van der Waals surface area (Å²) in [5, 5.41) is 2.94. The van der Waals surface area contributed by atoms with Crippen molar-refractivity contribution in [1.82, 2.24) is 10.2 Å². The third-order valence-corrected chi connectivity index (χ3v) is 6.41. The van der Waals surface area contributed by atoms with Crippen molar-refractivity contribution in [1.29, 1.82) is 0 Å². The highest BCUT2D eigenvalue weighted by Gasteiger charge is 2.42. The lowest BCUT2D eigenvalue weighted by atomic mass is 9.88. The molecule has 1 spiro atoms. The zero-order valence-corrected chi connectivity index (χ0v) is 18.2. The van der Waals surface area contributed by atoms with Crippen molar-refractivity contribution < 1.29 is 13.9 Å². The number of piperidine rings is 1. The van der Waals surface area contributed by atoms with Crippen LogP contribution in [0.1, 0.15) is 61.2 Å². The molecule has 0 bridgehead atoms. The number of rotatable bonds is 7. The van der Waals surface area contributed by atoms with Gasteiger partial charge in [-0.15, -0.1) is 0 Å². The van der Waals surface area contributed by atoms with Gasteiger partial charge in [0.2, 0.25) is 0 Å². The quantitative estimate of drug-likeness (QED) is 0.734. The number of nitrogens with zero attached hydrogens (tertiary/aromatic N) is 1. The Hall–Kier alpha value is -2.11. The Balaban J connectivity index is 1.21. The molecule has 1 aromatic carbocycles. The van der Waals surface area contributed by atoms with Gasteiger partial charge >= 0.3 is 0 Å². The number of benzene rings is 1. The summed E-state index contributed by atoms with van der Waals surface area (Å²) < 4.78 is 11.6. The van der Waals surface area contributed by atoms with Gasteiger partial charge in [-0.2, -0.15) is 0 Å². The summed E-state index contributed by atoms with van der Waals surface area (Å²) in [4.78, 5) is 14.6. The summed E-state index contributed by atoms with van der Waals surface area (Å²) in [5.74, 6) is 0.884. The number of hydrogen-bond donors (Lipinski definition) is 1. The maximum Gasteiger partial charge on any atom is 0.287 e. The van der Waals surface area contributed by atoms with E-state index in [4.69, 9.17) is 9.15 Å². The normalized spacial score (nSPS) is 21.4. The number of likely N-dealkylation sites (tertiary alicyclic amines) is 1. The molecular weight excluding hydrogens is 376 g/mol. The monoisotopic (exact) mass is 410 g/mol. The second-order valence-electron chi connectivity index (χ2n) is 9.34. The second-order valence-corrected chi connectivity index (χ2v) is 9.34. The molecule has 0 saturated carbocycles. The van der Waals surface area contributed by atoms with Crippen LogP contribution in [-0.4, -0.2) is 42.1 Å². The Morgan fingerprint density at radius 2 is 1.87 bits per heavy atom. The molecule has 5 nitrogen and oxygen atoms in total. The van der Waals surface area contributed by atoms with Crippen molar-refractivity contribution in [2.45, 2.75) is 64.2 Å². The van der Waals surface area contributed by atoms with E-state index in [1.54, 1.807) is 12.1 Å². The highest BCUT2D eigenvalue weighted by molar-refractivity contribution is 5.91. The van der Waals surface area contributed by atoms with Crippen LogP contribution in [0.2, 0.25) is 0 Å². The molecule has 1 N–H and O–H groups in total. The van der Waals surface area contributed by atoms with Crippen molar-refractivity contribution in [3.05, 3.63) is 59.5 Å². The Kier molecular flexibility index (Phi) is 6.59. The van der Waals surface area contributed by atoms with Crippen LogP contribution in [0.15, 0.2) is 47.1 Å². The number of hydrogen-bond acceptors (Lipinski definition) is 4. The molecule has 1 amide bonds. The molecule has 0 radical (unpaired) electrons. The molecule has 2 aromatic rings. The molecule has 162 valence electrons. The van der Waals surface area contributed by atoms with Crippen molar-refractivity contribution in [2.24, 2.45) is 5.92 Å². The first kappa shape index (κ1) is 21.1. The van der Waals surface area contributed by atoms with Crippen molar-refractivity contribution in [3.8, 4) is 0 Å². The molecule has 2 fully saturated rings. The van der Waals surface area contributed by atoms with Crippen LogP contribution in [0.4, 0.5) is 0 Å². The van der Waals surface area contributed by atoms with Gasteiger partial charge in [0.1, 0.15) is 0 Å². The second kappa shape index (κ2) is 9.36. The van der Waals surface area contributed by atoms with Crippen LogP contribution in [0.25, 0.3) is 0 Å². The van der Waals surface area contributed by atoms with Gasteiger partial charge in [-0.25, -0.2) is 0 Å². The summed E-state index contributed by atoms with van der Waals surface area (Å²) >= 11 is 0. The van der Waals surface area contributed by atoms with Crippen LogP contribution >= 0.6 is 0 Å². The molecule has 2 aliphatic rings. The van der Waals surface area contributed by atoms with Crippen LogP contribution in [0.5, 0.6) is 0 Å². The predicted octanol–water partition coefficient (Wildman–Crippen LogP) is 4.42. The highest BCUT2D eigenvalue weighted by Crippen LogP contribution is 2.39. The number of furan rings is 1. The first-order valence-electron chi connectivity index (χ1n) is 11.3. The van der Waals surface area contributed by atoms with Gasteiger partial charge in [0, 0.05) is 26.2 Å². The molecule has 2 saturated heterocycles. The SMILES string of the molecule is CC(C)Cc1ccc(CN2CCC3(CC[C@H](CNC(=O)c4ccco4)O3)CC2)cc1.